The summed E-state index contributed by atoms with van der Waals surface area (Å²) in [5.41, 5.74) is 1.71. The van der Waals surface area contributed by atoms with Crippen molar-refractivity contribution in [1.82, 2.24) is 8.87 Å². The molecule has 11 heteroatoms. The first kappa shape index (κ1) is 23.5. The van der Waals surface area contributed by atoms with Crippen LogP contribution in [-0.2, 0) is 21.4 Å². The second-order valence-electron chi connectivity index (χ2n) is 7.80. The van der Waals surface area contributed by atoms with Crippen LogP contribution in [0, 0.1) is 0 Å². The van der Waals surface area contributed by atoms with E-state index in [1.807, 2.05) is 6.20 Å². The van der Waals surface area contributed by atoms with Crippen molar-refractivity contribution < 1.29 is 31.8 Å². The van der Waals surface area contributed by atoms with Gasteiger partial charge in [-0.05, 0) is 66.8 Å². The molecule has 0 spiro atoms. The van der Waals surface area contributed by atoms with Crippen LogP contribution >= 0.6 is 11.6 Å². The van der Waals surface area contributed by atoms with E-state index in [-0.39, 0.29) is 36.2 Å². The fourth-order valence-corrected chi connectivity index (χ4v) is 5.89. The van der Waals surface area contributed by atoms with Crippen molar-refractivity contribution >= 4 is 38.5 Å². The van der Waals surface area contributed by atoms with Crippen LogP contribution in [0.5, 0.6) is 5.75 Å². The van der Waals surface area contributed by atoms with Crippen molar-refractivity contribution in [3.05, 3.63) is 59.2 Å². The lowest BCUT2D eigenvalue weighted by Crippen LogP contribution is -2.37. The molecule has 33 heavy (non-hydrogen) atoms. The topological polar surface area (TPSA) is 88.8 Å². The summed E-state index contributed by atoms with van der Waals surface area (Å²) in [7, 11) is -3.79. The molecule has 1 aliphatic heterocycles. The van der Waals surface area contributed by atoms with Crippen molar-refractivity contribution in [3.8, 4) is 5.75 Å². The Labute approximate surface area is 194 Å². The van der Waals surface area contributed by atoms with E-state index >= 15 is 0 Å². The monoisotopic (exact) mass is 498 g/mol. The van der Waals surface area contributed by atoms with Crippen molar-refractivity contribution in [2.45, 2.75) is 36.8 Å². The Morgan fingerprint density at radius 1 is 1.15 bits per heavy atom. The molecule has 0 atom stereocenters. The molecular formula is C22H21ClF2N2O5S. The molecule has 0 amide bonds. The molecule has 1 aromatic heterocycles. The zero-order chi connectivity index (χ0) is 23.8. The number of hydrogen-bond acceptors (Lipinski definition) is 4. The summed E-state index contributed by atoms with van der Waals surface area (Å²) < 4.78 is 57.9. The highest BCUT2D eigenvalue weighted by atomic mass is 35.5. The van der Waals surface area contributed by atoms with E-state index in [1.54, 1.807) is 22.8 Å². The number of carbonyl (C=O) groups is 1. The standard InChI is InChI=1S/C22H21ClF2N2O5S/c23-15-1-6-20-18(11-15)19(12-26(20)13-21(28)29)14-7-9-27(10-8-14)33(30,31)17-4-2-16(3-5-17)32-22(24)25/h1-6,11-12,14,22H,7-10,13H2,(H,28,29). The summed E-state index contributed by atoms with van der Waals surface area (Å²) >= 11 is 6.17. The Morgan fingerprint density at radius 3 is 2.42 bits per heavy atom. The van der Waals surface area contributed by atoms with E-state index in [4.69, 9.17) is 11.6 Å². The minimum Gasteiger partial charge on any atom is -0.480 e. The number of alkyl halides is 2. The van der Waals surface area contributed by atoms with Crippen LogP contribution in [0.2, 0.25) is 5.02 Å². The number of nitrogens with zero attached hydrogens (tertiary/aromatic N) is 2. The normalized spacial score (nSPS) is 15.9. The molecule has 0 saturated carbocycles. The molecule has 0 unspecified atom stereocenters. The number of carboxylic acid groups (broad SMARTS) is 1. The van der Waals surface area contributed by atoms with Gasteiger partial charge in [-0.15, -0.1) is 0 Å². The Bertz CT molecular complexity index is 1270. The third kappa shape index (κ3) is 4.97. The molecule has 0 radical (unpaired) electrons. The lowest BCUT2D eigenvalue weighted by Gasteiger charge is -2.31. The molecule has 7 nitrogen and oxygen atoms in total. The highest BCUT2D eigenvalue weighted by Gasteiger charge is 2.31. The average Bonchev–Trinajstić information content (AvgIpc) is 3.10. The molecule has 1 saturated heterocycles. The molecule has 0 aliphatic carbocycles. The largest absolute Gasteiger partial charge is 0.480 e. The van der Waals surface area contributed by atoms with Gasteiger partial charge in [0.15, 0.2) is 0 Å². The summed E-state index contributed by atoms with van der Waals surface area (Å²) in [6.45, 7) is -2.62. The van der Waals surface area contributed by atoms with E-state index in [2.05, 4.69) is 4.74 Å². The Balaban J connectivity index is 1.52. The van der Waals surface area contributed by atoms with Gasteiger partial charge in [-0.25, -0.2) is 8.42 Å². The smallest absolute Gasteiger partial charge is 0.387 e. The maximum atomic E-state index is 13.0. The summed E-state index contributed by atoms with van der Waals surface area (Å²) in [6.07, 6.45) is 2.90. The van der Waals surface area contributed by atoms with Crippen LogP contribution < -0.4 is 4.74 Å². The van der Waals surface area contributed by atoms with Crippen LogP contribution in [0.1, 0.15) is 24.3 Å². The Morgan fingerprint density at radius 2 is 1.82 bits per heavy atom. The molecular weight excluding hydrogens is 478 g/mol. The van der Waals surface area contributed by atoms with E-state index < -0.39 is 22.6 Å². The highest BCUT2D eigenvalue weighted by Crippen LogP contribution is 2.37. The van der Waals surface area contributed by atoms with Crippen molar-refractivity contribution in [2.24, 2.45) is 0 Å². The number of aliphatic carboxylic acids is 1. The predicted octanol–water partition coefficient (Wildman–Crippen LogP) is 4.55. The predicted molar refractivity (Wildman–Crippen MR) is 118 cm³/mol. The van der Waals surface area contributed by atoms with Gasteiger partial charge in [0, 0.05) is 35.2 Å². The van der Waals surface area contributed by atoms with Gasteiger partial charge in [0.1, 0.15) is 12.3 Å². The lowest BCUT2D eigenvalue weighted by atomic mass is 9.90. The fraction of sp³-hybridized carbons (Fsp3) is 0.318. The quantitative estimate of drug-likeness (QED) is 0.516. The number of piperidine rings is 1. The molecule has 1 aliphatic rings. The first-order chi connectivity index (χ1) is 15.6. The molecule has 3 aromatic rings. The van der Waals surface area contributed by atoms with E-state index in [1.165, 1.54) is 28.6 Å². The van der Waals surface area contributed by atoms with Crippen LogP contribution in [0.25, 0.3) is 10.9 Å². The lowest BCUT2D eigenvalue weighted by molar-refractivity contribution is -0.137. The zero-order valence-corrected chi connectivity index (χ0v) is 18.9. The molecule has 2 aromatic carbocycles. The third-order valence-electron chi connectivity index (χ3n) is 5.76. The molecule has 1 fully saturated rings. The molecule has 0 bridgehead atoms. The second kappa shape index (κ2) is 9.28. The first-order valence-corrected chi connectivity index (χ1v) is 12.0. The van der Waals surface area contributed by atoms with Crippen molar-refractivity contribution in [1.29, 1.82) is 0 Å². The summed E-state index contributed by atoms with van der Waals surface area (Å²) in [5.74, 6) is -1.03. The summed E-state index contributed by atoms with van der Waals surface area (Å²) in [6, 6.07) is 10.2. The Kier molecular flexibility index (Phi) is 6.60. The molecule has 4 rings (SSSR count). The maximum absolute atomic E-state index is 13.0. The minimum atomic E-state index is -3.79. The van der Waals surface area contributed by atoms with Crippen LogP contribution in [0.4, 0.5) is 8.78 Å². The fourth-order valence-electron chi connectivity index (χ4n) is 4.25. The summed E-state index contributed by atoms with van der Waals surface area (Å²) in [4.78, 5) is 11.3. The van der Waals surface area contributed by atoms with Gasteiger partial charge in [0.2, 0.25) is 10.0 Å². The SMILES string of the molecule is O=C(O)Cn1cc(C2CCN(S(=O)(=O)c3ccc(OC(F)F)cc3)CC2)c2cc(Cl)ccc21. The van der Waals surface area contributed by atoms with Crippen molar-refractivity contribution in [3.63, 3.8) is 0 Å². The van der Waals surface area contributed by atoms with Gasteiger partial charge < -0.3 is 14.4 Å². The number of rotatable bonds is 7. The van der Waals surface area contributed by atoms with Gasteiger partial charge in [-0.3, -0.25) is 4.79 Å². The van der Waals surface area contributed by atoms with Gasteiger partial charge in [0.25, 0.3) is 0 Å². The maximum Gasteiger partial charge on any atom is 0.387 e. The van der Waals surface area contributed by atoms with Crippen LogP contribution in [0.3, 0.4) is 0 Å². The third-order valence-corrected chi connectivity index (χ3v) is 7.91. The zero-order valence-electron chi connectivity index (χ0n) is 17.3. The molecule has 176 valence electrons. The van der Waals surface area contributed by atoms with Gasteiger partial charge in [-0.2, -0.15) is 13.1 Å². The number of benzene rings is 2. The van der Waals surface area contributed by atoms with E-state index in [0.717, 1.165) is 16.5 Å². The number of ether oxygens (including phenoxy) is 1. The average molecular weight is 499 g/mol. The van der Waals surface area contributed by atoms with Crippen molar-refractivity contribution in [2.75, 3.05) is 13.1 Å². The second-order valence-corrected chi connectivity index (χ2v) is 10.2. The number of halogens is 3. The highest BCUT2D eigenvalue weighted by molar-refractivity contribution is 7.89. The van der Waals surface area contributed by atoms with E-state index in [0.29, 0.717) is 17.9 Å². The van der Waals surface area contributed by atoms with Crippen LogP contribution in [-0.4, -0.2) is 48.1 Å². The van der Waals surface area contributed by atoms with E-state index in [9.17, 15) is 27.1 Å². The Hall–Kier alpha value is -2.69. The number of aromatic nitrogens is 1. The first-order valence-electron chi connectivity index (χ1n) is 10.2. The summed E-state index contributed by atoms with van der Waals surface area (Å²) in [5, 5.41) is 10.6. The van der Waals surface area contributed by atoms with Gasteiger partial charge in [0.05, 0.1) is 4.90 Å². The van der Waals surface area contributed by atoms with Gasteiger partial charge >= 0.3 is 12.6 Å². The number of carboxylic acids is 1. The minimum absolute atomic E-state index is 0.00686. The number of fused-ring (bicyclic) bond motifs is 1. The van der Waals surface area contributed by atoms with Crippen LogP contribution in [0.15, 0.2) is 53.6 Å². The molecule has 1 N–H and O–H groups in total. The van der Waals surface area contributed by atoms with Gasteiger partial charge in [-0.1, -0.05) is 11.6 Å². The number of hydrogen-bond donors (Lipinski definition) is 1. The molecule has 2 heterocycles. The number of sulfonamides is 1.